The molecule has 0 saturated carbocycles. The molecule has 0 spiro atoms. The maximum Gasteiger partial charge on any atom is 0.272 e. The minimum atomic E-state index is -0.0479. The number of fused-ring (bicyclic) bond motifs is 1. The average Bonchev–Trinajstić information content (AvgIpc) is 2.46. The van der Waals surface area contributed by atoms with E-state index in [1.54, 1.807) is 11.0 Å². The Bertz CT molecular complexity index is 565. The highest BCUT2D eigenvalue weighted by Gasteiger charge is 2.15. The van der Waals surface area contributed by atoms with E-state index in [1.807, 2.05) is 37.3 Å². The van der Waals surface area contributed by atoms with Crippen LogP contribution in [0.2, 0.25) is 0 Å². The molecule has 0 saturated heterocycles. The van der Waals surface area contributed by atoms with Crippen LogP contribution in [0.5, 0.6) is 0 Å². The van der Waals surface area contributed by atoms with E-state index in [4.69, 9.17) is 11.6 Å². The van der Waals surface area contributed by atoms with E-state index in [-0.39, 0.29) is 5.91 Å². The predicted octanol–water partition coefficient (Wildman–Crippen LogP) is 3.33. The van der Waals surface area contributed by atoms with Crippen molar-refractivity contribution in [2.45, 2.75) is 13.3 Å². The van der Waals surface area contributed by atoms with Gasteiger partial charge in [-0.2, -0.15) is 0 Å². The highest BCUT2D eigenvalue weighted by molar-refractivity contribution is 6.18. The summed E-state index contributed by atoms with van der Waals surface area (Å²) < 4.78 is 0. The molecule has 0 radical (unpaired) electrons. The van der Waals surface area contributed by atoms with Gasteiger partial charge in [-0.25, -0.2) is 4.98 Å². The first-order valence-electron chi connectivity index (χ1n) is 6.47. The Kier molecular flexibility index (Phi) is 4.74. The Hall–Kier alpha value is -1.61. The molecule has 0 aliphatic carbocycles. The van der Waals surface area contributed by atoms with Crippen LogP contribution in [0.3, 0.4) is 0 Å². The van der Waals surface area contributed by atoms with Crippen molar-refractivity contribution in [3.8, 4) is 0 Å². The van der Waals surface area contributed by atoms with Gasteiger partial charge in [0.2, 0.25) is 0 Å². The van der Waals surface area contributed by atoms with Crippen LogP contribution >= 0.6 is 11.6 Å². The van der Waals surface area contributed by atoms with Gasteiger partial charge in [0, 0.05) is 24.4 Å². The van der Waals surface area contributed by atoms with Gasteiger partial charge in [0.1, 0.15) is 5.69 Å². The largest absolute Gasteiger partial charge is 0.336 e. The van der Waals surface area contributed by atoms with E-state index in [2.05, 4.69) is 4.98 Å². The minimum absolute atomic E-state index is 0.0479. The van der Waals surface area contributed by atoms with Gasteiger partial charge in [0.25, 0.3) is 5.91 Å². The molecule has 0 atom stereocenters. The lowest BCUT2D eigenvalue weighted by Gasteiger charge is -2.20. The van der Waals surface area contributed by atoms with E-state index in [1.165, 1.54) is 0 Å². The van der Waals surface area contributed by atoms with Crippen LogP contribution in [0.15, 0.2) is 36.4 Å². The quantitative estimate of drug-likeness (QED) is 0.785. The van der Waals surface area contributed by atoms with E-state index in [0.29, 0.717) is 24.7 Å². The Morgan fingerprint density at radius 3 is 2.74 bits per heavy atom. The lowest BCUT2D eigenvalue weighted by atomic mass is 10.2. The molecule has 0 unspecified atom stereocenters. The predicted molar refractivity (Wildman–Crippen MR) is 78.7 cm³/mol. The number of halogens is 1. The molecule has 19 heavy (non-hydrogen) atoms. The Morgan fingerprint density at radius 1 is 1.21 bits per heavy atom. The highest BCUT2D eigenvalue weighted by atomic mass is 35.5. The number of alkyl halides is 1. The van der Waals surface area contributed by atoms with Gasteiger partial charge in [-0.1, -0.05) is 31.2 Å². The molecule has 0 aliphatic heterocycles. The van der Waals surface area contributed by atoms with Crippen molar-refractivity contribution in [1.82, 2.24) is 9.88 Å². The third kappa shape index (κ3) is 3.24. The van der Waals surface area contributed by atoms with Gasteiger partial charge < -0.3 is 4.90 Å². The fourth-order valence-electron chi connectivity index (χ4n) is 2.03. The summed E-state index contributed by atoms with van der Waals surface area (Å²) in [4.78, 5) is 18.6. The topological polar surface area (TPSA) is 33.2 Å². The second-order valence-electron chi connectivity index (χ2n) is 4.37. The van der Waals surface area contributed by atoms with Gasteiger partial charge in [0.15, 0.2) is 0 Å². The minimum Gasteiger partial charge on any atom is -0.336 e. The zero-order valence-electron chi connectivity index (χ0n) is 11.0. The molecule has 1 aromatic carbocycles. The van der Waals surface area contributed by atoms with Crippen molar-refractivity contribution in [1.29, 1.82) is 0 Å². The Balaban J connectivity index is 2.29. The number of rotatable bonds is 5. The fourth-order valence-corrected chi connectivity index (χ4v) is 2.24. The molecule has 2 rings (SSSR count). The molecule has 1 amide bonds. The van der Waals surface area contributed by atoms with E-state index >= 15 is 0 Å². The molecular weight excluding hydrogens is 260 g/mol. The van der Waals surface area contributed by atoms with Crippen LogP contribution in [-0.4, -0.2) is 34.8 Å². The lowest BCUT2D eigenvalue weighted by Crippen LogP contribution is -2.34. The van der Waals surface area contributed by atoms with Gasteiger partial charge >= 0.3 is 0 Å². The van der Waals surface area contributed by atoms with Gasteiger partial charge in [0.05, 0.1) is 5.52 Å². The molecule has 2 aromatic rings. The van der Waals surface area contributed by atoms with Crippen LogP contribution in [-0.2, 0) is 0 Å². The molecule has 100 valence electrons. The number of hydrogen-bond donors (Lipinski definition) is 0. The summed E-state index contributed by atoms with van der Waals surface area (Å²) >= 11 is 5.74. The molecule has 0 bridgehead atoms. The number of aromatic nitrogens is 1. The zero-order valence-corrected chi connectivity index (χ0v) is 11.7. The average molecular weight is 277 g/mol. The number of pyridine rings is 1. The molecule has 1 heterocycles. The number of carbonyl (C=O) groups excluding carboxylic acids is 1. The zero-order chi connectivity index (χ0) is 13.7. The number of benzene rings is 1. The van der Waals surface area contributed by atoms with Gasteiger partial charge in [-0.15, -0.1) is 11.6 Å². The number of para-hydroxylation sites is 1. The summed E-state index contributed by atoms with van der Waals surface area (Å²) in [5.41, 5.74) is 1.33. The number of carbonyl (C=O) groups is 1. The summed E-state index contributed by atoms with van der Waals surface area (Å²) in [5.74, 6) is 0.396. The second kappa shape index (κ2) is 6.53. The first-order chi connectivity index (χ1) is 9.26. The first-order valence-corrected chi connectivity index (χ1v) is 7.00. The van der Waals surface area contributed by atoms with Gasteiger partial charge in [-0.05, 0) is 18.6 Å². The SMILES string of the molecule is CCCN(CCCl)C(=O)c1ccc2ccccc2n1. The molecule has 4 heteroatoms. The van der Waals surface area contributed by atoms with Crippen molar-refractivity contribution in [2.24, 2.45) is 0 Å². The Labute approximate surface area is 118 Å². The number of nitrogens with zero attached hydrogens (tertiary/aromatic N) is 2. The van der Waals surface area contributed by atoms with Crippen LogP contribution in [0.1, 0.15) is 23.8 Å². The van der Waals surface area contributed by atoms with E-state index < -0.39 is 0 Å². The van der Waals surface area contributed by atoms with Crippen LogP contribution in [0.4, 0.5) is 0 Å². The summed E-state index contributed by atoms with van der Waals surface area (Å²) in [7, 11) is 0. The van der Waals surface area contributed by atoms with Crippen LogP contribution < -0.4 is 0 Å². The normalized spacial score (nSPS) is 10.6. The van der Waals surface area contributed by atoms with Crippen molar-refractivity contribution in [3.63, 3.8) is 0 Å². The Morgan fingerprint density at radius 2 is 2.00 bits per heavy atom. The number of amides is 1. The molecule has 0 N–H and O–H groups in total. The van der Waals surface area contributed by atoms with Gasteiger partial charge in [-0.3, -0.25) is 4.79 Å². The third-order valence-electron chi connectivity index (χ3n) is 2.95. The van der Waals surface area contributed by atoms with Crippen LogP contribution in [0, 0.1) is 0 Å². The summed E-state index contributed by atoms with van der Waals surface area (Å²) in [6.45, 7) is 3.31. The van der Waals surface area contributed by atoms with Crippen molar-refractivity contribution in [2.75, 3.05) is 19.0 Å². The summed E-state index contributed by atoms with van der Waals surface area (Å²) in [6.07, 6.45) is 0.913. The van der Waals surface area contributed by atoms with Crippen molar-refractivity contribution in [3.05, 3.63) is 42.1 Å². The molecule has 3 nitrogen and oxygen atoms in total. The second-order valence-corrected chi connectivity index (χ2v) is 4.75. The molecule has 0 fully saturated rings. The molecule has 1 aromatic heterocycles. The highest BCUT2D eigenvalue weighted by Crippen LogP contribution is 2.13. The fraction of sp³-hybridized carbons (Fsp3) is 0.333. The lowest BCUT2D eigenvalue weighted by molar-refractivity contribution is 0.0760. The van der Waals surface area contributed by atoms with E-state index in [0.717, 1.165) is 17.3 Å². The number of hydrogen-bond acceptors (Lipinski definition) is 2. The summed E-state index contributed by atoms with van der Waals surface area (Å²) in [6, 6.07) is 11.5. The summed E-state index contributed by atoms with van der Waals surface area (Å²) in [5, 5.41) is 1.04. The van der Waals surface area contributed by atoms with Crippen LogP contribution in [0.25, 0.3) is 10.9 Å². The maximum atomic E-state index is 12.4. The maximum absolute atomic E-state index is 12.4. The third-order valence-corrected chi connectivity index (χ3v) is 3.12. The standard InChI is InChI=1S/C15H17ClN2O/c1-2-10-18(11-9-16)15(19)14-8-7-12-5-3-4-6-13(12)17-14/h3-8H,2,9-11H2,1H3. The smallest absolute Gasteiger partial charge is 0.272 e. The first kappa shape index (κ1) is 13.8. The molecular formula is C15H17ClN2O. The van der Waals surface area contributed by atoms with Crippen molar-refractivity contribution >= 4 is 28.4 Å². The molecule has 0 aliphatic rings. The monoisotopic (exact) mass is 276 g/mol. The van der Waals surface area contributed by atoms with Crippen molar-refractivity contribution < 1.29 is 4.79 Å². The van der Waals surface area contributed by atoms with E-state index in [9.17, 15) is 4.79 Å².